The highest BCUT2D eigenvalue weighted by Gasteiger charge is 2.15. The van der Waals surface area contributed by atoms with Gasteiger partial charge in [-0.05, 0) is 12.1 Å². The summed E-state index contributed by atoms with van der Waals surface area (Å²) in [6, 6.07) is 6.46. The topological polar surface area (TPSA) is 112 Å². The van der Waals surface area contributed by atoms with E-state index in [0.717, 1.165) is 6.07 Å². The van der Waals surface area contributed by atoms with Crippen LogP contribution in [0.2, 0.25) is 0 Å². The quantitative estimate of drug-likeness (QED) is 0.664. The number of hydrogen-bond acceptors (Lipinski definition) is 6. The molecule has 1 heterocycles. The van der Waals surface area contributed by atoms with Crippen LogP contribution in [-0.4, -0.2) is 28.1 Å². The molecule has 21 heavy (non-hydrogen) atoms. The first-order valence-corrected chi connectivity index (χ1v) is 5.71. The Hall–Kier alpha value is -3.16. The highest BCUT2D eigenvalue weighted by Crippen LogP contribution is 2.29. The highest BCUT2D eigenvalue weighted by molar-refractivity contribution is 5.91. The summed E-state index contributed by atoms with van der Waals surface area (Å²) in [6.07, 6.45) is 1.20. The number of pyridine rings is 1. The second-order valence-corrected chi connectivity index (χ2v) is 3.88. The Morgan fingerprint density at radius 2 is 2.10 bits per heavy atom. The van der Waals surface area contributed by atoms with Crippen molar-refractivity contribution in [2.75, 3.05) is 7.11 Å². The summed E-state index contributed by atoms with van der Waals surface area (Å²) in [5.41, 5.74) is -0.316. The van der Waals surface area contributed by atoms with Gasteiger partial charge < -0.3 is 14.6 Å². The number of carbonyl (C=O) groups is 1. The minimum Gasteiger partial charge on any atom is -0.497 e. The zero-order chi connectivity index (χ0) is 15.4. The van der Waals surface area contributed by atoms with E-state index in [-0.39, 0.29) is 22.9 Å². The van der Waals surface area contributed by atoms with Crippen LogP contribution in [0.4, 0.5) is 5.69 Å². The molecule has 2 aromatic rings. The second-order valence-electron chi connectivity index (χ2n) is 3.88. The second kappa shape index (κ2) is 5.87. The summed E-state index contributed by atoms with van der Waals surface area (Å²) >= 11 is 0. The SMILES string of the molecule is COc1ccc(C(=O)O)c(Oc2cc([N+](=O)[O-])ccn2)c1. The fraction of sp³-hybridized carbons (Fsp3) is 0.0769. The number of hydrogen-bond donors (Lipinski definition) is 1. The van der Waals surface area contributed by atoms with Gasteiger partial charge in [-0.2, -0.15) is 0 Å². The largest absolute Gasteiger partial charge is 0.497 e. The minimum atomic E-state index is -1.20. The molecule has 0 unspecified atom stereocenters. The zero-order valence-electron chi connectivity index (χ0n) is 10.8. The van der Waals surface area contributed by atoms with E-state index >= 15 is 0 Å². The maximum atomic E-state index is 11.1. The van der Waals surface area contributed by atoms with Gasteiger partial charge in [0.25, 0.3) is 5.69 Å². The van der Waals surface area contributed by atoms with Crippen LogP contribution >= 0.6 is 0 Å². The standard InChI is InChI=1S/C13H10N2O6/c1-20-9-2-3-10(13(16)17)11(7-9)21-12-6-8(15(18)19)4-5-14-12/h2-7H,1H3,(H,16,17). The first-order chi connectivity index (χ1) is 10.0. The number of nitro groups is 1. The van der Waals surface area contributed by atoms with Crippen molar-refractivity contribution >= 4 is 11.7 Å². The molecule has 0 saturated heterocycles. The molecule has 0 aliphatic rings. The van der Waals surface area contributed by atoms with Crippen molar-refractivity contribution < 1.29 is 24.3 Å². The van der Waals surface area contributed by atoms with Gasteiger partial charge in [0, 0.05) is 18.3 Å². The summed E-state index contributed by atoms with van der Waals surface area (Å²) in [7, 11) is 1.42. The average Bonchev–Trinajstić information content (AvgIpc) is 2.47. The molecule has 0 aliphatic carbocycles. The van der Waals surface area contributed by atoms with Gasteiger partial charge in [-0.15, -0.1) is 0 Å². The van der Waals surface area contributed by atoms with Gasteiger partial charge in [-0.25, -0.2) is 9.78 Å². The van der Waals surface area contributed by atoms with E-state index in [2.05, 4.69) is 4.98 Å². The summed E-state index contributed by atoms with van der Waals surface area (Å²) in [6.45, 7) is 0. The minimum absolute atomic E-state index is 0.0187. The molecular weight excluding hydrogens is 280 g/mol. The Kier molecular flexibility index (Phi) is 3.98. The smallest absolute Gasteiger partial charge is 0.339 e. The monoisotopic (exact) mass is 290 g/mol. The van der Waals surface area contributed by atoms with Crippen LogP contribution in [0.15, 0.2) is 36.5 Å². The van der Waals surface area contributed by atoms with E-state index in [1.54, 1.807) is 0 Å². The predicted octanol–water partition coefficient (Wildman–Crippen LogP) is 2.49. The van der Waals surface area contributed by atoms with Crippen LogP contribution in [0.25, 0.3) is 0 Å². The van der Waals surface area contributed by atoms with Crippen molar-refractivity contribution in [1.82, 2.24) is 4.98 Å². The first kappa shape index (κ1) is 14.3. The van der Waals surface area contributed by atoms with Crippen molar-refractivity contribution in [2.24, 2.45) is 0 Å². The van der Waals surface area contributed by atoms with E-state index in [1.807, 2.05) is 0 Å². The summed E-state index contributed by atoms with van der Waals surface area (Å²) in [5.74, 6) is -0.909. The fourth-order valence-electron chi connectivity index (χ4n) is 1.57. The van der Waals surface area contributed by atoms with Crippen molar-refractivity contribution in [3.05, 3.63) is 52.2 Å². The van der Waals surface area contributed by atoms with E-state index in [9.17, 15) is 14.9 Å². The van der Waals surface area contributed by atoms with Crippen molar-refractivity contribution in [3.63, 3.8) is 0 Å². The van der Waals surface area contributed by atoms with Crippen LogP contribution < -0.4 is 9.47 Å². The Balaban J connectivity index is 2.40. The van der Waals surface area contributed by atoms with Gasteiger partial charge in [0.2, 0.25) is 5.88 Å². The number of carboxylic acids is 1. The van der Waals surface area contributed by atoms with Gasteiger partial charge >= 0.3 is 5.97 Å². The lowest BCUT2D eigenvalue weighted by atomic mass is 10.2. The molecule has 0 spiro atoms. The third-order valence-corrected chi connectivity index (χ3v) is 2.56. The molecule has 2 rings (SSSR count). The molecule has 0 bridgehead atoms. The van der Waals surface area contributed by atoms with Gasteiger partial charge in [0.15, 0.2) is 0 Å². The molecule has 0 saturated carbocycles. The number of methoxy groups -OCH3 is 1. The Labute approximate surface area is 118 Å². The predicted molar refractivity (Wildman–Crippen MR) is 70.9 cm³/mol. The van der Waals surface area contributed by atoms with Crippen LogP contribution in [0.3, 0.4) is 0 Å². The Morgan fingerprint density at radius 1 is 1.33 bits per heavy atom. The van der Waals surface area contributed by atoms with Crippen LogP contribution in [0, 0.1) is 10.1 Å². The molecule has 1 aromatic carbocycles. The molecule has 8 nitrogen and oxygen atoms in total. The third-order valence-electron chi connectivity index (χ3n) is 2.56. The van der Waals surface area contributed by atoms with Crippen LogP contribution in [0.1, 0.15) is 10.4 Å². The van der Waals surface area contributed by atoms with Gasteiger partial charge in [0.05, 0.1) is 18.1 Å². The lowest BCUT2D eigenvalue weighted by molar-refractivity contribution is -0.385. The molecule has 0 aliphatic heterocycles. The van der Waals surface area contributed by atoms with E-state index < -0.39 is 10.9 Å². The number of rotatable bonds is 5. The molecule has 1 N–H and O–H groups in total. The number of nitrogens with zero attached hydrogens (tertiary/aromatic N) is 2. The lowest BCUT2D eigenvalue weighted by Crippen LogP contribution is -2.01. The van der Waals surface area contributed by atoms with Crippen molar-refractivity contribution in [3.8, 4) is 17.4 Å². The van der Waals surface area contributed by atoms with E-state index in [4.69, 9.17) is 14.6 Å². The molecular formula is C13H10N2O6. The molecule has 0 amide bonds. The van der Waals surface area contributed by atoms with Crippen molar-refractivity contribution in [2.45, 2.75) is 0 Å². The third kappa shape index (κ3) is 3.24. The summed E-state index contributed by atoms with van der Waals surface area (Å²) in [4.78, 5) is 25.0. The van der Waals surface area contributed by atoms with Gasteiger partial charge in [-0.3, -0.25) is 10.1 Å². The van der Waals surface area contributed by atoms with Gasteiger partial charge in [-0.1, -0.05) is 0 Å². The first-order valence-electron chi connectivity index (χ1n) is 5.71. The molecule has 0 radical (unpaired) electrons. The van der Waals surface area contributed by atoms with Crippen molar-refractivity contribution in [1.29, 1.82) is 0 Å². The molecule has 1 aromatic heterocycles. The van der Waals surface area contributed by atoms with Crippen LogP contribution in [-0.2, 0) is 0 Å². The van der Waals surface area contributed by atoms with E-state index in [1.165, 1.54) is 37.6 Å². The zero-order valence-corrected chi connectivity index (χ0v) is 10.8. The number of ether oxygens (including phenoxy) is 2. The summed E-state index contributed by atoms with van der Waals surface area (Å²) < 4.78 is 10.3. The molecule has 108 valence electrons. The molecule has 0 atom stereocenters. The number of aromatic nitrogens is 1. The highest BCUT2D eigenvalue weighted by atomic mass is 16.6. The van der Waals surface area contributed by atoms with Crippen LogP contribution in [0.5, 0.6) is 17.4 Å². The van der Waals surface area contributed by atoms with E-state index in [0.29, 0.717) is 5.75 Å². The fourth-order valence-corrected chi connectivity index (χ4v) is 1.57. The molecule has 0 fully saturated rings. The molecule has 8 heteroatoms. The van der Waals surface area contributed by atoms with Gasteiger partial charge in [0.1, 0.15) is 17.1 Å². The number of carboxylic acid groups (broad SMARTS) is 1. The average molecular weight is 290 g/mol. The number of aromatic carboxylic acids is 1. The normalized spacial score (nSPS) is 9.95. The maximum Gasteiger partial charge on any atom is 0.339 e. The Morgan fingerprint density at radius 3 is 2.71 bits per heavy atom. The Bertz CT molecular complexity index is 701. The number of benzene rings is 1. The lowest BCUT2D eigenvalue weighted by Gasteiger charge is -2.09. The summed E-state index contributed by atoms with van der Waals surface area (Å²) in [5, 5.41) is 19.8. The maximum absolute atomic E-state index is 11.1.